The highest BCUT2D eigenvalue weighted by Gasteiger charge is 2.28. The van der Waals surface area contributed by atoms with Gasteiger partial charge in [-0.2, -0.15) is 0 Å². The molecule has 0 radical (unpaired) electrons. The van der Waals surface area contributed by atoms with Gasteiger partial charge in [-0.25, -0.2) is 0 Å². The van der Waals surface area contributed by atoms with Crippen LogP contribution in [0.25, 0.3) is 5.65 Å². The van der Waals surface area contributed by atoms with Gasteiger partial charge >= 0.3 is 0 Å². The second-order valence-corrected chi connectivity index (χ2v) is 5.97. The van der Waals surface area contributed by atoms with Gasteiger partial charge < -0.3 is 14.4 Å². The Morgan fingerprint density at radius 2 is 1.96 bits per heavy atom. The van der Waals surface area contributed by atoms with E-state index in [1.165, 1.54) is 10.2 Å². The van der Waals surface area contributed by atoms with Crippen LogP contribution in [0.2, 0.25) is 0 Å². The summed E-state index contributed by atoms with van der Waals surface area (Å²) in [5, 5.41) is 16.0. The van der Waals surface area contributed by atoms with Crippen molar-refractivity contribution in [2.24, 2.45) is 0 Å². The number of tetrazole rings is 1. The first kappa shape index (κ1) is 13.5. The maximum Gasteiger partial charge on any atom is 0.200 e. The molecule has 1 aromatic carbocycles. The highest BCUT2D eigenvalue weighted by atomic mass is 16.6. The smallest absolute Gasteiger partial charge is 0.200 e. The molecule has 2 aliphatic heterocycles. The number of fused-ring (bicyclic) bond motifs is 2. The molecule has 0 saturated carbocycles. The van der Waals surface area contributed by atoms with Gasteiger partial charge in [-0.3, -0.25) is 0 Å². The van der Waals surface area contributed by atoms with Gasteiger partial charge in [-0.1, -0.05) is 6.07 Å². The number of hydrogen-bond donors (Lipinski definition) is 0. The highest BCUT2D eigenvalue weighted by molar-refractivity contribution is 5.50. The topological polar surface area (TPSA) is 77.7 Å². The summed E-state index contributed by atoms with van der Waals surface area (Å²) >= 11 is 0. The van der Waals surface area contributed by atoms with Crippen molar-refractivity contribution in [2.45, 2.75) is 18.9 Å². The van der Waals surface area contributed by atoms with Crippen molar-refractivity contribution in [1.29, 1.82) is 0 Å². The number of anilines is 1. The van der Waals surface area contributed by atoms with Crippen LogP contribution in [0.1, 0.15) is 24.4 Å². The predicted octanol–water partition coefficient (Wildman–Crippen LogP) is 1.63. The number of aromatic nitrogens is 5. The zero-order valence-corrected chi connectivity index (χ0v) is 13.0. The van der Waals surface area contributed by atoms with E-state index in [2.05, 4.69) is 37.7 Å². The van der Waals surface area contributed by atoms with Gasteiger partial charge in [0.2, 0.25) is 0 Å². The first-order chi connectivity index (χ1) is 11.9. The lowest BCUT2D eigenvalue weighted by Crippen LogP contribution is -2.24. The van der Waals surface area contributed by atoms with Crippen LogP contribution < -0.4 is 14.4 Å². The van der Waals surface area contributed by atoms with Crippen LogP contribution >= 0.6 is 0 Å². The van der Waals surface area contributed by atoms with E-state index in [0.29, 0.717) is 18.9 Å². The van der Waals surface area contributed by atoms with Gasteiger partial charge in [-0.05, 0) is 53.1 Å². The molecule has 0 spiro atoms. The number of hydrogen-bond acceptors (Lipinski definition) is 7. The summed E-state index contributed by atoms with van der Waals surface area (Å²) in [6.45, 7) is 2.17. The summed E-state index contributed by atoms with van der Waals surface area (Å²) in [6.07, 6.45) is 2.20. The number of ether oxygens (including phenoxy) is 2. The molecule has 1 fully saturated rings. The van der Waals surface area contributed by atoms with Gasteiger partial charge in [0.25, 0.3) is 0 Å². The zero-order valence-electron chi connectivity index (χ0n) is 13.0. The Morgan fingerprint density at radius 1 is 1.04 bits per heavy atom. The second-order valence-electron chi connectivity index (χ2n) is 5.97. The molecule has 8 heteroatoms. The summed E-state index contributed by atoms with van der Waals surface area (Å²) in [5.74, 6) is 2.53. The molecule has 5 rings (SSSR count). The van der Waals surface area contributed by atoms with E-state index < -0.39 is 0 Å². The molecular weight excluding hydrogens is 308 g/mol. The molecule has 122 valence electrons. The highest BCUT2D eigenvalue weighted by Crippen LogP contribution is 2.39. The first-order valence-corrected chi connectivity index (χ1v) is 8.10. The normalized spacial score (nSPS) is 19.8. The summed E-state index contributed by atoms with van der Waals surface area (Å²) in [6, 6.07) is 10.3. The molecule has 0 unspecified atom stereocenters. The van der Waals surface area contributed by atoms with Crippen molar-refractivity contribution < 1.29 is 9.47 Å². The first-order valence-electron chi connectivity index (χ1n) is 8.10. The van der Waals surface area contributed by atoms with Crippen molar-refractivity contribution in [2.75, 3.05) is 24.7 Å². The summed E-state index contributed by atoms with van der Waals surface area (Å²) in [4.78, 5) is 2.30. The summed E-state index contributed by atoms with van der Waals surface area (Å²) in [7, 11) is 0. The molecule has 1 atom stereocenters. The van der Waals surface area contributed by atoms with Crippen LogP contribution in [0.5, 0.6) is 11.5 Å². The average molecular weight is 324 g/mol. The third-order valence-corrected chi connectivity index (χ3v) is 4.55. The van der Waals surface area contributed by atoms with E-state index in [1.807, 2.05) is 18.2 Å². The molecule has 2 aliphatic rings. The third kappa shape index (κ3) is 2.14. The minimum Gasteiger partial charge on any atom is -0.486 e. The van der Waals surface area contributed by atoms with E-state index in [-0.39, 0.29) is 6.04 Å². The predicted molar refractivity (Wildman–Crippen MR) is 85.3 cm³/mol. The van der Waals surface area contributed by atoms with Crippen LogP contribution in [-0.2, 0) is 0 Å². The average Bonchev–Trinajstić information content (AvgIpc) is 3.29. The molecule has 2 aromatic heterocycles. The van der Waals surface area contributed by atoms with E-state index in [9.17, 15) is 0 Å². The van der Waals surface area contributed by atoms with Crippen molar-refractivity contribution in [3.63, 3.8) is 0 Å². The second kappa shape index (κ2) is 5.33. The van der Waals surface area contributed by atoms with Crippen LogP contribution in [0.15, 0.2) is 30.3 Å². The van der Waals surface area contributed by atoms with E-state index in [4.69, 9.17) is 9.47 Å². The minimum absolute atomic E-state index is 0.266. The quantitative estimate of drug-likeness (QED) is 0.709. The number of rotatable bonds is 2. The fourth-order valence-electron chi connectivity index (χ4n) is 3.45. The van der Waals surface area contributed by atoms with E-state index in [1.54, 1.807) is 0 Å². The van der Waals surface area contributed by atoms with Crippen LogP contribution in [-0.4, -0.2) is 45.0 Å². The van der Waals surface area contributed by atoms with Gasteiger partial charge in [0.05, 0.1) is 6.04 Å². The molecule has 0 N–H and O–H groups in total. The molecule has 1 saturated heterocycles. The van der Waals surface area contributed by atoms with Crippen LogP contribution in [0.4, 0.5) is 5.82 Å². The lowest BCUT2D eigenvalue weighted by atomic mass is 10.0. The van der Waals surface area contributed by atoms with Crippen molar-refractivity contribution in [3.8, 4) is 11.5 Å². The minimum atomic E-state index is 0.266. The van der Waals surface area contributed by atoms with Crippen LogP contribution in [0.3, 0.4) is 0 Å². The van der Waals surface area contributed by atoms with Gasteiger partial charge in [-0.15, -0.1) is 14.8 Å². The monoisotopic (exact) mass is 324 g/mol. The molecule has 0 bridgehead atoms. The van der Waals surface area contributed by atoms with Gasteiger partial charge in [0.15, 0.2) is 23.0 Å². The Morgan fingerprint density at radius 3 is 2.92 bits per heavy atom. The van der Waals surface area contributed by atoms with E-state index >= 15 is 0 Å². The fraction of sp³-hybridized carbons (Fsp3) is 0.375. The van der Waals surface area contributed by atoms with Gasteiger partial charge in [0.1, 0.15) is 13.2 Å². The lowest BCUT2D eigenvalue weighted by molar-refractivity contribution is 0.171. The Kier molecular flexibility index (Phi) is 3.00. The molecule has 8 nitrogen and oxygen atoms in total. The number of benzene rings is 1. The SMILES string of the molecule is c1cc2c(cc1[C@H]1CCCN1c1ccc3nnnn3n1)OCCO2. The Labute approximate surface area is 138 Å². The Bertz CT molecular complexity index is 895. The van der Waals surface area contributed by atoms with Crippen LogP contribution in [0, 0.1) is 0 Å². The standard InChI is InChI=1S/C16H16N6O2/c1-2-12(11-3-4-13-14(10-11)24-9-8-23-13)21(7-1)16-6-5-15-17-19-20-22(15)18-16/h3-6,10,12H,1-2,7-9H2/t12-/m1/s1. The molecule has 3 aromatic rings. The molecule has 0 amide bonds. The van der Waals surface area contributed by atoms with Crippen molar-refractivity contribution in [1.82, 2.24) is 25.3 Å². The van der Waals surface area contributed by atoms with Crippen molar-refractivity contribution >= 4 is 11.5 Å². The molecular formula is C16H16N6O2. The molecule has 4 heterocycles. The maximum atomic E-state index is 5.72. The van der Waals surface area contributed by atoms with Gasteiger partial charge in [0, 0.05) is 6.54 Å². The maximum absolute atomic E-state index is 5.72. The number of nitrogens with zero attached hydrogens (tertiary/aromatic N) is 6. The largest absolute Gasteiger partial charge is 0.486 e. The third-order valence-electron chi connectivity index (χ3n) is 4.55. The van der Waals surface area contributed by atoms with E-state index in [0.717, 1.165) is 36.7 Å². The summed E-state index contributed by atoms with van der Waals surface area (Å²) in [5.41, 5.74) is 1.86. The molecule has 0 aliphatic carbocycles. The summed E-state index contributed by atoms with van der Waals surface area (Å²) < 4.78 is 12.8. The van der Waals surface area contributed by atoms with Crippen molar-refractivity contribution in [3.05, 3.63) is 35.9 Å². The Balaban J connectivity index is 1.50. The lowest BCUT2D eigenvalue weighted by Gasteiger charge is -2.27. The fourth-order valence-corrected chi connectivity index (χ4v) is 3.45. The molecule has 24 heavy (non-hydrogen) atoms. The Hall–Kier alpha value is -2.90. The zero-order chi connectivity index (χ0) is 15.9.